The maximum Gasteiger partial charge on any atom is 0.132 e. The van der Waals surface area contributed by atoms with Gasteiger partial charge in [0.05, 0.1) is 12.0 Å². The molecule has 0 unspecified atom stereocenters. The van der Waals surface area contributed by atoms with Crippen LogP contribution in [0.3, 0.4) is 0 Å². The average Bonchev–Trinajstić information content (AvgIpc) is 2.28. The minimum absolute atomic E-state index is 0.481. The number of anilines is 1. The van der Waals surface area contributed by atoms with Crippen LogP contribution in [0, 0.1) is 6.92 Å². The van der Waals surface area contributed by atoms with E-state index in [0.29, 0.717) is 11.6 Å². The van der Waals surface area contributed by atoms with Gasteiger partial charge in [-0.2, -0.15) is 0 Å². The second-order valence-corrected chi connectivity index (χ2v) is 4.49. The Kier molecular flexibility index (Phi) is 3.49. The van der Waals surface area contributed by atoms with Gasteiger partial charge in [-0.25, -0.2) is 9.97 Å². The van der Waals surface area contributed by atoms with Crippen molar-refractivity contribution in [3.8, 4) is 5.75 Å². The van der Waals surface area contributed by atoms with Crippen LogP contribution in [0.5, 0.6) is 5.75 Å². The van der Waals surface area contributed by atoms with Gasteiger partial charge in [0, 0.05) is 6.07 Å². The standard InChI is InChI=1S/C12H13N3OS/c1-8-14-11(13)7-12(15-8)17-10-6-4-3-5-9(10)16-2/h3-7H,1-2H3,(H2,13,14,15). The zero-order chi connectivity index (χ0) is 12.3. The highest BCUT2D eigenvalue weighted by Gasteiger charge is 2.06. The topological polar surface area (TPSA) is 61.0 Å². The van der Waals surface area contributed by atoms with Gasteiger partial charge in [0.2, 0.25) is 0 Å². The molecule has 2 rings (SSSR count). The van der Waals surface area contributed by atoms with Crippen LogP contribution in [0.4, 0.5) is 5.82 Å². The summed E-state index contributed by atoms with van der Waals surface area (Å²) in [6, 6.07) is 9.55. The summed E-state index contributed by atoms with van der Waals surface area (Å²) in [5.74, 6) is 1.98. The number of ether oxygens (including phenoxy) is 1. The van der Waals surface area contributed by atoms with Crippen LogP contribution in [-0.4, -0.2) is 17.1 Å². The number of nitrogen functional groups attached to an aromatic ring is 1. The summed E-state index contributed by atoms with van der Waals surface area (Å²) in [7, 11) is 1.65. The Morgan fingerprint density at radius 3 is 2.71 bits per heavy atom. The first-order valence-electron chi connectivity index (χ1n) is 5.11. The van der Waals surface area contributed by atoms with Crippen LogP contribution < -0.4 is 10.5 Å². The molecule has 0 saturated carbocycles. The third-order valence-electron chi connectivity index (χ3n) is 2.12. The maximum absolute atomic E-state index is 5.69. The van der Waals surface area contributed by atoms with E-state index in [1.807, 2.05) is 31.2 Å². The molecule has 5 heteroatoms. The fourth-order valence-corrected chi connectivity index (χ4v) is 2.41. The van der Waals surface area contributed by atoms with Gasteiger partial charge < -0.3 is 10.5 Å². The number of nitrogens with two attached hydrogens (primary N) is 1. The maximum atomic E-state index is 5.69. The van der Waals surface area contributed by atoms with E-state index in [1.54, 1.807) is 13.2 Å². The second kappa shape index (κ2) is 5.05. The average molecular weight is 247 g/mol. The van der Waals surface area contributed by atoms with Gasteiger partial charge in [-0.15, -0.1) is 0 Å². The fraction of sp³-hybridized carbons (Fsp3) is 0.167. The van der Waals surface area contributed by atoms with E-state index in [9.17, 15) is 0 Å². The molecule has 2 N–H and O–H groups in total. The van der Waals surface area contributed by atoms with E-state index in [4.69, 9.17) is 10.5 Å². The molecule has 17 heavy (non-hydrogen) atoms. The Labute approximate surface area is 104 Å². The fourth-order valence-electron chi connectivity index (χ4n) is 1.43. The lowest BCUT2D eigenvalue weighted by molar-refractivity contribution is 0.405. The lowest BCUT2D eigenvalue weighted by Gasteiger charge is -2.07. The van der Waals surface area contributed by atoms with E-state index in [0.717, 1.165) is 15.7 Å². The zero-order valence-corrected chi connectivity index (χ0v) is 10.5. The number of benzene rings is 1. The predicted octanol–water partition coefficient (Wildman–Crippen LogP) is 2.53. The molecule has 4 nitrogen and oxygen atoms in total. The molecule has 0 atom stereocenters. The Balaban J connectivity index is 2.31. The van der Waals surface area contributed by atoms with Crippen LogP contribution in [-0.2, 0) is 0 Å². The molecule has 0 fully saturated rings. The molecule has 0 radical (unpaired) electrons. The van der Waals surface area contributed by atoms with Crippen molar-refractivity contribution in [2.24, 2.45) is 0 Å². The van der Waals surface area contributed by atoms with Crippen molar-refractivity contribution in [1.29, 1.82) is 0 Å². The molecule has 0 aliphatic carbocycles. The summed E-state index contributed by atoms with van der Waals surface area (Å²) in [5, 5.41) is 0.819. The van der Waals surface area contributed by atoms with Crippen molar-refractivity contribution >= 4 is 17.6 Å². The molecule has 2 aromatic rings. The van der Waals surface area contributed by atoms with Crippen LogP contribution in [0.1, 0.15) is 5.82 Å². The number of nitrogens with zero attached hydrogens (tertiary/aromatic N) is 2. The van der Waals surface area contributed by atoms with E-state index >= 15 is 0 Å². The number of aromatic nitrogens is 2. The first-order chi connectivity index (χ1) is 8.19. The number of para-hydroxylation sites is 1. The van der Waals surface area contributed by atoms with Gasteiger partial charge in [0.25, 0.3) is 0 Å². The molecule has 0 saturated heterocycles. The van der Waals surface area contributed by atoms with Crippen LogP contribution in [0.25, 0.3) is 0 Å². The van der Waals surface area contributed by atoms with Crippen molar-refractivity contribution in [2.75, 3.05) is 12.8 Å². The molecule has 0 amide bonds. The molecule has 1 aromatic heterocycles. The Hall–Kier alpha value is -1.75. The van der Waals surface area contributed by atoms with Crippen molar-refractivity contribution in [2.45, 2.75) is 16.8 Å². The lowest BCUT2D eigenvalue weighted by atomic mass is 10.3. The molecule has 0 aliphatic heterocycles. The van der Waals surface area contributed by atoms with Gasteiger partial charge in [-0.3, -0.25) is 0 Å². The summed E-state index contributed by atoms with van der Waals surface area (Å²) in [5.41, 5.74) is 5.69. The Bertz CT molecular complexity index is 511. The van der Waals surface area contributed by atoms with E-state index < -0.39 is 0 Å². The minimum Gasteiger partial charge on any atom is -0.496 e. The summed E-state index contributed by atoms with van der Waals surface area (Å²) in [6.07, 6.45) is 0. The lowest BCUT2D eigenvalue weighted by Crippen LogP contribution is -1.96. The van der Waals surface area contributed by atoms with Crippen molar-refractivity contribution in [3.05, 3.63) is 36.2 Å². The minimum atomic E-state index is 0.481. The number of hydrogen-bond donors (Lipinski definition) is 1. The largest absolute Gasteiger partial charge is 0.496 e. The summed E-state index contributed by atoms with van der Waals surface area (Å²) >= 11 is 1.51. The first kappa shape index (κ1) is 11.7. The van der Waals surface area contributed by atoms with Gasteiger partial charge in [-0.05, 0) is 19.1 Å². The van der Waals surface area contributed by atoms with Gasteiger partial charge in [0.1, 0.15) is 22.4 Å². The predicted molar refractivity (Wildman–Crippen MR) is 68.3 cm³/mol. The van der Waals surface area contributed by atoms with E-state index in [1.165, 1.54) is 11.8 Å². The molecule has 0 spiro atoms. The van der Waals surface area contributed by atoms with Crippen molar-refractivity contribution in [1.82, 2.24) is 9.97 Å². The van der Waals surface area contributed by atoms with Crippen molar-refractivity contribution in [3.63, 3.8) is 0 Å². The Morgan fingerprint density at radius 1 is 1.24 bits per heavy atom. The molecule has 1 heterocycles. The highest BCUT2D eigenvalue weighted by molar-refractivity contribution is 7.99. The monoisotopic (exact) mass is 247 g/mol. The van der Waals surface area contributed by atoms with Gasteiger partial charge >= 0.3 is 0 Å². The number of rotatable bonds is 3. The SMILES string of the molecule is COc1ccccc1Sc1cc(N)nc(C)n1. The first-order valence-corrected chi connectivity index (χ1v) is 5.92. The summed E-state index contributed by atoms with van der Waals surface area (Å²) in [4.78, 5) is 9.37. The number of aryl methyl sites for hydroxylation is 1. The zero-order valence-electron chi connectivity index (χ0n) is 9.68. The van der Waals surface area contributed by atoms with Gasteiger partial charge in [0.15, 0.2) is 0 Å². The second-order valence-electron chi connectivity index (χ2n) is 3.43. The molecule has 1 aromatic carbocycles. The highest BCUT2D eigenvalue weighted by Crippen LogP contribution is 2.33. The van der Waals surface area contributed by atoms with Gasteiger partial charge in [-0.1, -0.05) is 23.9 Å². The number of hydrogen-bond acceptors (Lipinski definition) is 5. The third kappa shape index (κ3) is 2.88. The van der Waals surface area contributed by atoms with Crippen molar-refractivity contribution < 1.29 is 4.74 Å². The molecule has 88 valence electrons. The van der Waals surface area contributed by atoms with Crippen LogP contribution in [0.15, 0.2) is 40.3 Å². The Morgan fingerprint density at radius 2 is 2.00 bits per heavy atom. The normalized spacial score (nSPS) is 10.2. The van der Waals surface area contributed by atoms with E-state index in [-0.39, 0.29) is 0 Å². The molecule has 0 bridgehead atoms. The highest BCUT2D eigenvalue weighted by atomic mass is 32.2. The molecular formula is C12H13N3OS. The third-order valence-corrected chi connectivity index (χ3v) is 3.09. The summed E-state index contributed by atoms with van der Waals surface area (Å²) in [6.45, 7) is 1.82. The quantitative estimate of drug-likeness (QED) is 0.844. The molecule has 0 aliphatic rings. The summed E-state index contributed by atoms with van der Waals surface area (Å²) < 4.78 is 5.28. The molecular weight excluding hydrogens is 234 g/mol. The number of methoxy groups -OCH3 is 1. The van der Waals surface area contributed by atoms with E-state index in [2.05, 4.69) is 9.97 Å². The van der Waals surface area contributed by atoms with Crippen LogP contribution in [0.2, 0.25) is 0 Å². The van der Waals surface area contributed by atoms with Crippen LogP contribution >= 0.6 is 11.8 Å². The smallest absolute Gasteiger partial charge is 0.132 e.